The third-order valence-corrected chi connectivity index (χ3v) is 4.33. The van der Waals surface area contributed by atoms with Crippen molar-refractivity contribution in [3.8, 4) is 0 Å². The Morgan fingerprint density at radius 3 is 2.53 bits per heavy atom. The number of halogens is 1. The van der Waals surface area contributed by atoms with Crippen molar-refractivity contribution >= 4 is 11.6 Å². The van der Waals surface area contributed by atoms with Crippen molar-refractivity contribution in [3.05, 3.63) is 16.4 Å². The largest absolute Gasteiger partial charge is 0.308 e. The van der Waals surface area contributed by atoms with Gasteiger partial charge in [-0.15, -0.1) is 0 Å². The second-order valence-electron chi connectivity index (χ2n) is 5.31. The van der Waals surface area contributed by atoms with Gasteiger partial charge in [0.2, 0.25) is 0 Å². The molecular formula is C13H22ClN3. The van der Waals surface area contributed by atoms with Gasteiger partial charge >= 0.3 is 0 Å². The lowest BCUT2D eigenvalue weighted by molar-refractivity contribution is 0.305. The molecule has 0 radical (unpaired) electrons. The van der Waals surface area contributed by atoms with Gasteiger partial charge in [0, 0.05) is 19.6 Å². The molecule has 1 aromatic heterocycles. The maximum atomic E-state index is 6.23. The molecular weight excluding hydrogens is 234 g/mol. The highest BCUT2D eigenvalue weighted by molar-refractivity contribution is 6.31. The number of nitrogens with zero attached hydrogens (tertiary/aromatic N) is 2. The summed E-state index contributed by atoms with van der Waals surface area (Å²) in [5.74, 6) is 0.899. The summed E-state index contributed by atoms with van der Waals surface area (Å²) in [6.07, 6.45) is 5.26. The molecule has 1 N–H and O–H groups in total. The van der Waals surface area contributed by atoms with Crippen molar-refractivity contribution in [2.75, 3.05) is 0 Å². The third-order valence-electron chi connectivity index (χ3n) is 3.84. The Morgan fingerprint density at radius 2 is 2.00 bits per heavy atom. The monoisotopic (exact) mass is 255 g/mol. The number of nitrogens with one attached hydrogen (secondary N) is 1. The van der Waals surface area contributed by atoms with Crippen LogP contribution < -0.4 is 5.32 Å². The van der Waals surface area contributed by atoms with Gasteiger partial charge in [-0.05, 0) is 38.5 Å². The van der Waals surface area contributed by atoms with Crippen LogP contribution >= 0.6 is 11.6 Å². The van der Waals surface area contributed by atoms with Crippen LogP contribution in [-0.4, -0.2) is 15.8 Å². The summed E-state index contributed by atoms with van der Waals surface area (Å²) in [5, 5.41) is 8.75. The van der Waals surface area contributed by atoms with E-state index in [0.29, 0.717) is 6.04 Å². The van der Waals surface area contributed by atoms with E-state index < -0.39 is 0 Å². The maximum absolute atomic E-state index is 6.23. The van der Waals surface area contributed by atoms with Crippen LogP contribution in [0, 0.1) is 12.8 Å². The zero-order chi connectivity index (χ0) is 12.4. The summed E-state index contributed by atoms with van der Waals surface area (Å²) < 4.78 is 1.89. The summed E-state index contributed by atoms with van der Waals surface area (Å²) in [6.45, 7) is 5.13. The average Bonchev–Trinajstić information content (AvgIpc) is 2.54. The minimum Gasteiger partial charge on any atom is -0.308 e. The average molecular weight is 256 g/mol. The smallest absolute Gasteiger partial charge is 0.0860 e. The van der Waals surface area contributed by atoms with Crippen LogP contribution in [0.3, 0.4) is 0 Å². The Balaban J connectivity index is 1.89. The van der Waals surface area contributed by atoms with Crippen LogP contribution in [0.5, 0.6) is 0 Å². The second-order valence-corrected chi connectivity index (χ2v) is 5.69. The fourth-order valence-electron chi connectivity index (χ4n) is 2.58. The lowest BCUT2D eigenvalue weighted by atomic mass is 9.87. The van der Waals surface area contributed by atoms with E-state index in [-0.39, 0.29) is 0 Å². The van der Waals surface area contributed by atoms with Gasteiger partial charge in [0.1, 0.15) is 0 Å². The highest BCUT2D eigenvalue weighted by Gasteiger charge is 2.19. The molecule has 3 nitrogen and oxygen atoms in total. The fraction of sp³-hybridized carbons (Fsp3) is 0.769. The number of hydrogen-bond acceptors (Lipinski definition) is 2. The number of aromatic nitrogens is 2. The molecule has 4 heteroatoms. The fourth-order valence-corrected chi connectivity index (χ4v) is 2.80. The van der Waals surface area contributed by atoms with Crippen LogP contribution in [0.4, 0.5) is 0 Å². The Kier molecular flexibility index (Phi) is 4.10. The van der Waals surface area contributed by atoms with E-state index in [4.69, 9.17) is 11.6 Å². The zero-order valence-corrected chi connectivity index (χ0v) is 11.7. The highest BCUT2D eigenvalue weighted by Crippen LogP contribution is 2.24. The van der Waals surface area contributed by atoms with Crippen molar-refractivity contribution in [2.24, 2.45) is 13.0 Å². The number of hydrogen-bond donors (Lipinski definition) is 1. The van der Waals surface area contributed by atoms with Crippen LogP contribution in [0.25, 0.3) is 0 Å². The molecule has 0 spiro atoms. The number of aryl methyl sites for hydroxylation is 2. The summed E-state index contributed by atoms with van der Waals surface area (Å²) in [6, 6.07) is 0.650. The molecule has 2 rings (SSSR count). The molecule has 1 aromatic rings. The maximum Gasteiger partial charge on any atom is 0.0860 e. The van der Waals surface area contributed by atoms with E-state index >= 15 is 0 Å². The van der Waals surface area contributed by atoms with Crippen molar-refractivity contribution < 1.29 is 0 Å². The topological polar surface area (TPSA) is 29.9 Å². The predicted octanol–water partition coefficient (Wildman–Crippen LogP) is 3.05. The molecule has 1 aliphatic carbocycles. The molecule has 0 aromatic carbocycles. The molecule has 0 bridgehead atoms. The van der Waals surface area contributed by atoms with Gasteiger partial charge in [-0.2, -0.15) is 5.10 Å². The van der Waals surface area contributed by atoms with Crippen molar-refractivity contribution in [2.45, 2.75) is 52.1 Å². The van der Waals surface area contributed by atoms with E-state index in [0.717, 1.165) is 28.9 Å². The van der Waals surface area contributed by atoms with Gasteiger partial charge in [-0.1, -0.05) is 18.5 Å². The summed E-state index contributed by atoms with van der Waals surface area (Å²) in [5.41, 5.74) is 2.02. The molecule has 0 aliphatic heterocycles. The second kappa shape index (κ2) is 5.40. The van der Waals surface area contributed by atoms with Crippen molar-refractivity contribution in [3.63, 3.8) is 0 Å². The molecule has 96 valence electrons. The van der Waals surface area contributed by atoms with Crippen molar-refractivity contribution in [1.82, 2.24) is 15.1 Å². The van der Waals surface area contributed by atoms with Crippen molar-refractivity contribution in [1.29, 1.82) is 0 Å². The molecule has 17 heavy (non-hydrogen) atoms. The number of rotatable bonds is 3. The van der Waals surface area contributed by atoms with Gasteiger partial charge in [-0.3, -0.25) is 4.68 Å². The van der Waals surface area contributed by atoms with E-state index in [9.17, 15) is 0 Å². The first-order chi connectivity index (χ1) is 8.08. The zero-order valence-electron chi connectivity index (χ0n) is 11.0. The van der Waals surface area contributed by atoms with Crippen LogP contribution in [0.15, 0.2) is 0 Å². The SMILES string of the molecule is Cc1nn(C)c(CNC2CCC(C)CC2)c1Cl. The Labute approximate surface area is 109 Å². The molecule has 1 heterocycles. The van der Waals surface area contributed by atoms with Gasteiger partial charge in [-0.25, -0.2) is 0 Å². The van der Waals surface area contributed by atoms with E-state index in [1.165, 1.54) is 25.7 Å². The van der Waals surface area contributed by atoms with E-state index in [2.05, 4.69) is 17.3 Å². The Bertz CT molecular complexity index is 378. The molecule has 0 amide bonds. The standard InChI is InChI=1S/C13H22ClN3/c1-9-4-6-11(7-5-9)15-8-12-13(14)10(2)16-17(12)3/h9,11,15H,4-8H2,1-3H3. The molecule has 1 fully saturated rings. The van der Waals surface area contributed by atoms with Crippen LogP contribution in [0.2, 0.25) is 5.02 Å². The van der Waals surface area contributed by atoms with E-state index in [1.54, 1.807) is 0 Å². The van der Waals surface area contributed by atoms with Gasteiger partial charge in [0.15, 0.2) is 0 Å². The molecule has 1 saturated carbocycles. The first kappa shape index (κ1) is 12.9. The van der Waals surface area contributed by atoms with E-state index in [1.807, 2.05) is 18.7 Å². The minimum atomic E-state index is 0.650. The van der Waals surface area contributed by atoms with Crippen LogP contribution in [-0.2, 0) is 13.6 Å². The lowest BCUT2D eigenvalue weighted by Gasteiger charge is -2.27. The third kappa shape index (κ3) is 3.02. The minimum absolute atomic E-state index is 0.650. The Hall–Kier alpha value is -0.540. The van der Waals surface area contributed by atoms with Crippen LogP contribution in [0.1, 0.15) is 44.0 Å². The molecule has 0 atom stereocenters. The van der Waals surface area contributed by atoms with Gasteiger partial charge in [0.05, 0.1) is 16.4 Å². The predicted molar refractivity (Wildman–Crippen MR) is 71.2 cm³/mol. The quantitative estimate of drug-likeness (QED) is 0.900. The van der Waals surface area contributed by atoms with Gasteiger partial charge < -0.3 is 5.32 Å². The lowest BCUT2D eigenvalue weighted by Crippen LogP contribution is -2.32. The first-order valence-corrected chi connectivity index (χ1v) is 6.87. The molecule has 1 aliphatic rings. The first-order valence-electron chi connectivity index (χ1n) is 6.49. The normalized spacial score (nSPS) is 25.2. The summed E-state index contributed by atoms with van der Waals surface area (Å²) in [4.78, 5) is 0. The summed E-state index contributed by atoms with van der Waals surface area (Å²) >= 11 is 6.23. The van der Waals surface area contributed by atoms with Gasteiger partial charge in [0.25, 0.3) is 0 Å². The molecule has 0 saturated heterocycles. The highest BCUT2D eigenvalue weighted by atomic mass is 35.5. The Morgan fingerprint density at radius 1 is 1.35 bits per heavy atom. The summed E-state index contributed by atoms with van der Waals surface area (Å²) in [7, 11) is 1.96. The molecule has 0 unspecified atom stereocenters.